The van der Waals surface area contributed by atoms with Crippen LogP contribution in [0.2, 0.25) is 0 Å². The third kappa shape index (κ3) is 4.13. The van der Waals surface area contributed by atoms with Gasteiger partial charge in [0.1, 0.15) is 0 Å². The molecule has 0 aliphatic heterocycles. The Labute approximate surface area is 117 Å². The number of carbonyl (C=O) groups is 1. The second kappa shape index (κ2) is 7.34. The average Bonchev–Trinajstić information content (AvgIpc) is 2.26. The molecule has 2 rings (SSSR count). The number of halogens is 1. The van der Waals surface area contributed by atoms with Crippen LogP contribution in [0.3, 0.4) is 0 Å². The molecule has 2 fully saturated rings. The quantitative estimate of drug-likeness (QED) is 0.856. The minimum atomic E-state index is 0. The van der Waals surface area contributed by atoms with E-state index in [0.717, 1.165) is 25.3 Å². The van der Waals surface area contributed by atoms with Crippen molar-refractivity contribution in [2.75, 3.05) is 13.6 Å². The molecule has 2 atom stereocenters. The monoisotopic (exact) mass is 274 g/mol. The van der Waals surface area contributed by atoms with Crippen LogP contribution in [0.5, 0.6) is 0 Å². The molecular formula is C14H27ClN2O. The summed E-state index contributed by atoms with van der Waals surface area (Å²) < 4.78 is 0. The Hall–Kier alpha value is -0.280. The van der Waals surface area contributed by atoms with Crippen LogP contribution in [-0.4, -0.2) is 30.4 Å². The number of amides is 1. The summed E-state index contributed by atoms with van der Waals surface area (Å²) in [5.41, 5.74) is 6.10. The van der Waals surface area contributed by atoms with Crippen molar-refractivity contribution in [2.45, 2.75) is 57.4 Å². The summed E-state index contributed by atoms with van der Waals surface area (Å²) in [6.07, 6.45) is 9.36. The summed E-state index contributed by atoms with van der Waals surface area (Å²) in [6, 6.07) is 0.254. The smallest absolute Gasteiger partial charge is 0.222 e. The van der Waals surface area contributed by atoms with E-state index in [4.69, 9.17) is 5.73 Å². The van der Waals surface area contributed by atoms with Gasteiger partial charge in [-0.1, -0.05) is 19.3 Å². The minimum absolute atomic E-state index is 0. The molecule has 2 N–H and O–H groups in total. The summed E-state index contributed by atoms with van der Waals surface area (Å²) >= 11 is 0. The molecule has 3 nitrogen and oxygen atoms in total. The molecular weight excluding hydrogens is 248 g/mol. The number of rotatable bonds is 4. The van der Waals surface area contributed by atoms with Gasteiger partial charge in [-0.3, -0.25) is 4.79 Å². The zero-order valence-electron chi connectivity index (χ0n) is 11.4. The van der Waals surface area contributed by atoms with Crippen LogP contribution in [-0.2, 0) is 4.79 Å². The molecule has 0 aromatic heterocycles. The van der Waals surface area contributed by atoms with Crippen molar-refractivity contribution in [3.05, 3.63) is 0 Å². The molecule has 4 heteroatoms. The molecule has 0 aromatic carbocycles. The van der Waals surface area contributed by atoms with Crippen molar-refractivity contribution in [1.82, 2.24) is 4.90 Å². The highest BCUT2D eigenvalue weighted by molar-refractivity contribution is 5.85. The number of nitrogens with zero attached hydrogens (tertiary/aromatic N) is 1. The molecule has 2 aliphatic carbocycles. The summed E-state index contributed by atoms with van der Waals surface area (Å²) in [5.74, 6) is 1.50. The predicted molar refractivity (Wildman–Crippen MR) is 76.8 cm³/mol. The zero-order chi connectivity index (χ0) is 12.3. The minimum Gasteiger partial charge on any atom is -0.345 e. The highest BCUT2D eigenvalue weighted by Crippen LogP contribution is 2.28. The fourth-order valence-corrected chi connectivity index (χ4v) is 3.03. The number of nitrogens with two attached hydrogens (primary N) is 1. The first-order valence-corrected chi connectivity index (χ1v) is 7.16. The van der Waals surface area contributed by atoms with Gasteiger partial charge < -0.3 is 10.6 Å². The molecule has 2 unspecified atom stereocenters. The van der Waals surface area contributed by atoms with Crippen molar-refractivity contribution in [1.29, 1.82) is 0 Å². The lowest BCUT2D eigenvalue weighted by atomic mass is 9.82. The lowest BCUT2D eigenvalue weighted by molar-refractivity contribution is -0.132. The highest BCUT2D eigenvalue weighted by Gasteiger charge is 2.27. The Bertz CT molecular complexity index is 269. The number of hydrogen-bond acceptors (Lipinski definition) is 2. The Kier molecular flexibility index (Phi) is 6.44. The van der Waals surface area contributed by atoms with E-state index in [1.54, 1.807) is 0 Å². The summed E-state index contributed by atoms with van der Waals surface area (Å²) in [5, 5.41) is 0. The molecule has 0 bridgehead atoms. The van der Waals surface area contributed by atoms with E-state index in [1.807, 2.05) is 11.9 Å². The Balaban J connectivity index is 0.00000162. The molecule has 106 valence electrons. The first kappa shape index (κ1) is 15.8. The van der Waals surface area contributed by atoms with Crippen molar-refractivity contribution in [3.63, 3.8) is 0 Å². The Morgan fingerprint density at radius 2 is 1.83 bits per heavy atom. The van der Waals surface area contributed by atoms with Crippen LogP contribution in [0.15, 0.2) is 0 Å². The molecule has 18 heavy (non-hydrogen) atoms. The topological polar surface area (TPSA) is 46.3 Å². The fraction of sp³-hybridized carbons (Fsp3) is 0.929. The molecule has 0 saturated heterocycles. The molecule has 0 radical (unpaired) electrons. The maximum atomic E-state index is 12.1. The van der Waals surface area contributed by atoms with Gasteiger partial charge in [-0.2, -0.15) is 0 Å². The van der Waals surface area contributed by atoms with E-state index in [-0.39, 0.29) is 18.4 Å². The van der Waals surface area contributed by atoms with Crippen molar-refractivity contribution >= 4 is 18.3 Å². The maximum absolute atomic E-state index is 12.1. The van der Waals surface area contributed by atoms with Gasteiger partial charge in [0, 0.05) is 26.1 Å². The molecule has 0 spiro atoms. The highest BCUT2D eigenvalue weighted by atomic mass is 35.5. The summed E-state index contributed by atoms with van der Waals surface area (Å²) in [7, 11) is 1.95. The first-order chi connectivity index (χ1) is 8.16. The molecule has 2 saturated carbocycles. The van der Waals surface area contributed by atoms with Crippen molar-refractivity contribution < 1.29 is 4.79 Å². The lowest BCUT2D eigenvalue weighted by Crippen LogP contribution is -2.39. The third-order valence-electron chi connectivity index (χ3n) is 4.59. The molecule has 1 amide bonds. The van der Waals surface area contributed by atoms with Crippen molar-refractivity contribution in [2.24, 2.45) is 17.6 Å². The van der Waals surface area contributed by atoms with E-state index >= 15 is 0 Å². The number of carbonyl (C=O) groups excluding carboxylic acids is 1. The SMILES string of the molecule is CN(CC1CCC1)C(=O)CC1CCCCC1N.Cl. The van der Waals surface area contributed by atoms with Crippen LogP contribution in [0.4, 0.5) is 0 Å². The van der Waals surface area contributed by atoms with Crippen LogP contribution < -0.4 is 5.73 Å². The van der Waals surface area contributed by atoms with Crippen molar-refractivity contribution in [3.8, 4) is 0 Å². The van der Waals surface area contributed by atoms with E-state index in [2.05, 4.69) is 0 Å². The summed E-state index contributed by atoms with van der Waals surface area (Å²) in [4.78, 5) is 14.0. The second-order valence-corrected chi connectivity index (χ2v) is 5.98. The van der Waals surface area contributed by atoms with E-state index in [9.17, 15) is 4.79 Å². The molecule has 0 aromatic rings. The standard InChI is InChI=1S/C14H26N2O.ClH/c1-16(10-11-5-4-6-11)14(17)9-12-7-2-3-8-13(12)15;/h11-13H,2-10,15H2,1H3;1H. The van der Waals surface area contributed by atoms with Gasteiger partial charge in [0.05, 0.1) is 0 Å². The predicted octanol–water partition coefficient (Wildman–Crippen LogP) is 2.57. The largest absolute Gasteiger partial charge is 0.345 e. The van der Waals surface area contributed by atoms with E-state index < -0.39 is 0 Å². The van der Waals surface area contributed by atoms with E-state index in [0.29, 0.717) is 18.2 Å². The zero-order valence-corrected chi connectivity index (χ0v) is 12.3. The Morgan fingerprint density at radius 3 is 2.39 bits per heavy atom. The van der Waals surface area contributed by atoms with Crippen LogP contribution in [0.1, 0.15) is 51.4 Å². The van der Waals surface area contributed by atoms with Crippen LogP contribution in [0.25, 0.3) is 0 Å². The van der Waals surface area contributed by atoms with Gasteiger partial charge in [-0.15, -0.1) is 12.4 Å². The van der Waals surface area contributed by atoms with Gasteiger partial charge in [0.2, 0.25) is 5.91 Å². The fourth-order valence-electron chi connectivity index (χ4n) is 3.03. The Morgan fingerprint density at radius 1 is 1.17 bits per heavy atom. The van der Waals surface area contributed by atoms with E-state index in [1.165, 1.54) is 32.1 Å². The maximum Gasteiger partial charge on any atom is 0.222 e. The van der Waals surface area contributed by atoms with Gasteiger partial charge >= 0.3 is 0 Å². The first-order valence-electron chi connectivity index (χ1n) is 7.16. The second-order valence-electron chi connectivity index (χ2n) is 5.98. The van der Waals surface area contributed by atoms with Gasteiger partial charge in [-0.25, -0.2) is 0 Å². The number of hydrogen-bond donors (Lipinski definition) is 1. The van der Waals surface area contributed by atoms with Gasteiger partial charge in [0.15, 0.2) is 0 Å². The summed E-state index contributed by atoms with van der Waals surface area (Å²) in [6.45, 7) is 0.959. The van der Waals surface area contributed by atoms with Crippen LogP contribution in [0, 0.1) is 11.8 Å². The van der Waals surface area contributed by atoms with Gasteiger partial charge in [-0.05, 0) is 37.5 Å². The normalized spacial score (nSPS) is 28.1. The van der Waals surface area contributed by atoms with Crippen LogP contribution >= 0.6 is 12.4 Å². The molecule has 0 heterocycles. The van der Waals surface area contributed by atoms with Gasteiger partial charge in [0.25, 0.3) is 0 Å². The lowest BCUT2D eigenvalue weighted by Gasteiger charge is -2.33. The third-order valence-corrected chi connectivity index (χ3v) is 4.59. The average molecular weight is 275 g/mol. The molecule has 2 aliphatic rings.